The van der Waals surface area contributed by atoms with E-state index in [0.717, 1.165) is 16.9 Å². The maximum Gasteiger partial charge on any atom is 0.320 e. The van der Waals surface area contributed by atoms with E-state index in [-0.39, 0.29) is 5.92 Å². The molecular weight excluding hydrogens is 361 g/mol. The molecule has 2 rings (SSSR count). The van der Waals surface area contributed by atoms with Crippen LogP contribution < -0.4 is 10.1 Å². The van der Waals surface area contributed by atoms with Gasteiger partial charge in [0.15, 0.2) is 0 Å². The molecule has 0 aliphatic heterocycles. The van der Waals surface area contributed by atoms with Crippen LogP contribution in [0.1, 0.15) is 25.0 Å². The van der Waals surface area contributed by atoms with Crippen LogP contribution in [0, 0.1) is 5.92 Å². The molecule has 0 aromatic heterocycles. The van der Waals surface area contributed by atoms with E-state index in [4.69, 9.17) is 27.9 Å². The van der Waals surface area contributed by atoms with Gasteiger partial charge in [-0.05, 0) is 41.3 Å². The van der Waals surface area contributed by atoms with Gasteiger partial charge in [-0.15, -0.1) is 0 Å². The second-order valence-corrected chi connectivity index (χ2v) is 6.94. The summed E-state index contributed by atoms with van der Waals surface area (Å²) in [6.07, 6.45) is 0. The van der Waals surface area contributed by atoms with Gasteiger partial charge in [-0.1, -0.05) is 55.2 Å². The molecule has 25 heavy (non-hydrogen) atoms. The summed E-state index contributed by atoms with van der Waals surface area (Å²) in [6.45, 7) is 4.64. The van der Waals surface area contributed by atoms with Crippen LogP contribution in [0.3, 0.4) is 0 Å². The molecule has 0 spiro atoms. The number of hydrogen-bond donors (Lipinski definition) is 2. The standard InChI is InChI=1S/C19H21Cl2NO3/c1-12(2)18(19(23)24)22-10-13-3-6-15(7-4-13)25-11-14-5-8-16(20)17(21)9-14/h3-9,12,18,22H,10-11H2,1-2H3,(H,23,24)/t18-/m0/s1. The number of aliphatic carboxylic acids is 1. The van der Waals surface area contributed by atoms with E-state index < -0.39 is 12.0 Å². The number of rotatable bonds is 8. The summed E-state index contributed by atoms with van der Waals surface area (Å²) in [5.74, 6) is -0.0867. The van der Waals surface area contributed by atoms with Gasteiger partial charge in [-0.3, -0.25) is 4.79 Å². The zero-order chi connectivity index (χ0) is 18.4. The topological polar surface area (TPSA) is 58.6 Å². The molecule has 6 heteroatoms. The Hall–Kier alpha value is -1.75. The second-order valence-electron chi connectivity index (χ2n) is 6.12. The number of carboxylic acid groups (broad SMARTS) is 1. The number of carboxylic acids is 1. The zero-order valence-corrected chi connectivity index (χ0v) is 15.6. The molecule has 0 amide bonds. The van der Waals surface area contributed by atoms with Gasteiger partial charge in [0.2, 0.25) is 0 Å². The van der Waals surface area contributed by atoms with Gasteiger partial charge in [-0.25, -0.2) is 0 Å². The number of ether oxygens (including phenoxy) is 1. The van der Waals surface area contributed by atoms with Gasteiger partial charge in [-0.2, -0.15) is 0 Å². The van der Waals surface area contributed by atoms with Gasteiger partial charge < -0.3 is 15.2 Å². The summed E-state index contributed by atoms with van der Waals surface area (Å²) in [4.78, 5) is 11.2. The SMILES string of the molecule is CC(C)[C@H](NCc1ccc(OCc2ccc(Cl)c(Cl)c2)cc1)C(=O)O. The molecule has 0 aliphatic rings. The first-order chi connectivity index (χ1) is 11.9. The van der Waals surface area contributed by atoms with Crippen LogP contribution in [0.2, 0.25) is 10.0 Å². The molecule has 134 valence electrons. The molecule has 4 nitrogen and oxygen atoms in total. The van der Waals surface area contributed by atoms with Crippen LogP contribution in [0.4, 0.5) is 0 Å². The fraction of sp³-hybridized carbons (Fsp3) is 0.316. The van der Waals surface area contributed by atoms with E-state index in [1.54, 1.807) is 12.1 Å². The van der Waals surface area contributed by atoms with Gasteiger partial charge in [0.25, 0.3) is 0 Å². The first-order valence-corrected chi connectivity index (χ1v) is 8.74. The molecule has 0 bridgehead atoms. The highest BCUT2D eigenvalue weighted by molar-refractivity contribution is 6.42. The lowest BCUT2D eigenvalue weighted by molar-refractivity contribution is -0.140. The van der Waals surface area contributed by atoms with E-state index in [2.05, 4.69) is 5.32 Å². The number of halogens is 2. The van der Waals surface area contributed by atoms with Gasteiger partial charge >= 0.3 is 5.97 Å². The molecule has 0 saturated carbocycles. The molecule has 0 heterocycles. The lowest BCUT2D eigenvalue weighted by Gasteiger charge is -2.18. The Morgan fingerprint density at radius 1 is 1.08 bits per heavy atom. The van der Waals surface area contributed by atoms with Crippen LogP contribution in [-0.2, 0) is 17.9 Å². The van der Waals surface area contributed by atoms with Crippen molar-refractivity contribution in [3.8, 4) is 5.75 Å². The maximum absolute atomic E-state index is 11.2. The normalized spacial score (nSPS) is 12.2. The Kier molecular flexibility index (Phi) is 7.12. The Morgan fingerprint density at radius 2 is 1.72 bits per heavy atom. The van der Waals surface area contributed by atoms with E-state index in [1.165, 1.54) is 0 Å². The van der Waals surface area contributed by atoms with Gasteiger partial charge in [0.1, 0.15) is 18.4 Å². The molecule has 0 unspecified atom stereocenters. The van der Waals surface area contributed by atoms with Crippen LogP contribution in [0.5, 0.6) is 5.75 Å². The lowest BCUT2D eigenvalue weighted by Crippen LogP contribution is -2.40. The van der Waals surface area contributed by atoms with Crippen molar-refractivity contribution < 1.29 is 14.6 Å². The van der Waals surface area contributed by atoms with Gasteiger partial charge in [0.05, 0.1) is 10.0 Å². The Labute approximate surface area is 157 Å². The first kappa shape index (κ1) is 19.6. The van der Waals surface area contributed by atoms with Crippen molar-refractivity contribution in [2.24, 2.45) is 5.92 Å². The molecule has 0 aliphatic carbocycles. The molecule has 1 atom stereocenters. The third-order valence-corrected chi connectivity index (χ3v) is 4.51. The van der Waals surface area contributed by atoms with Crippen molar-refractivity contribution in [1.29, 1.82) is 0 Å². The fourth-order valence-corrected chi connectivity index (χ4v) is 2.66. The number of carbonyl (C=O) groups is 1. The van der Waals surface area contributed by atoms with Crippen molar-refractivity contribution >= 4 is 29.2 Å². The molecule has 2 N–H and O–H groups in total. The van der Waals surface area contributed by atoms with Crippen molar-refractivity contribution in [2.75, 3.05) is 0 Å². The smallest absolute Gasteiger partial charge is 0.320 e. The maximum atomic E-state index is 11.2. The van der Waals surface area contributed by atoms with Crippen LogP contribution in [0.25, 0.3) is 0 Å². The van der Waals surface area contributed by atoms with Crippen molar-refractivity contribution in [3.63, 3.8) is 0 Å². The fourth-order valence-electron chi connectivity index (χ4n) is 2.34. The molecular formula is C19H21Cl2NO3. The Morgan fingerprint density at radius 3 is 2.28 bits per heavy atom. The Bertz CT molecular complexity index is 717. The van der Waals surface area contributed by atoms with Crippen molar-refractivity contribution in [1.82, 2.24) is 5.32 Å². The minimum Gasteiger partial charge on any atom is -0.489 e. The third kappa shape index (κ3) is 5.92. The number of benzene rings is 2. The Balaban J connectivity index is 1.89. The highest BCUT2D eigenvalue weighted by Crippen LogP contribution is 2.23. The summed E-state index contributed by atoms with van der Waals surface area (Å²) < 4.78 is 5.73. The molecule has 0 saturated heterocycles. The summed E-state index contributed by atoms with van der Waals surface area (Å²) >= 11 is 11.9. The minimum atomic E-state index is -0.837. The molecule has 0 radical (unpaired) electrons. The average molecular weight is 382 g/mol. The second kappa shape index (κ2) is 9.09. The van der Waals surface area contributed by atoms with Crippen LogP contribution >= 0.6 is 23.2 Å². The number of nitrogens with one attached hydrogen (secondary N) is 1. The predicted molar refractivity (Wildman–Crippen MR) is 100 cm³/mol. The summed E-state index contributed by atoms with van der Waals surface area (Å²) in [7, 11) is 0. The predicted octanol–water partition coefficient (Wildman–Crippen LogP) is 4.77. The van der Waals surface area contributed by atoms with E-state index in [1.807, 2.05) is 44.2 Å². The van der Waals surface area contributed by atoms with Crippen LogP contribution in [0.15, 0.2) is 42.5 Å². The summed E-state index contributed by atoms with van der Waals surface area (Å²) in [6, 6.07) is 12.4. The average Bonchev–Trinajstić information content (AvgIpc) is 2.56. The van der Waals surface area contributed by atoms with Crippen LogP contribution in [-0.4, -0.2) is 17.1 Å². The minimum absolute atomic E-state index is 0.0197. The highest BCUT2D eigenvalue weighted by Gasteiger charge is 2.20. The number of hydrogen-bond acceptors (Lipinski definition) is 3. The first-order valence-electron chi connectivity index (χ1n) is 7.98. The van der Waals surface area contributed by atoms with E-state index in [0.29, 0.717) is 23.2 Å². The van der Waals surface area contributed by atoms with E-state index in [9.17, 15) is 9.90 Å². The van der Waals surface area contributed by atoms with E-state index >= 15 is 0 Å². The molecule has 2 aromatic carbocycles. The summed E-state index contributed by atoms with van der Waals surface area (Å²) in [5.41, 5.74) is 1.93. The zero-order valence-electron chi connectivity index (χ0n) is 14.1. The van der Waals surface area contributed by atoms with Gasteiger partial charge in [0, 0.05) is 6.54 Å². The summed E-state index contributed by atoms with van der Waals surface area (Å²) in [5, 5.41) is 13.3. The highest BCUT2D eigenvalue weighted by atomic mass is 35.5. The third-order valence-electron chi connectivity index (χ3n) is 3.77. The largest absolute Gasteiger partial charge is 0.489 e. The monoisotopic (exact) mass is 381 g/mol. The molecule has 0 fully saturated rings. The lowest BCUT2D eigenvalue weighted by atomic mass is 10.0. The quantitative estimate of drug-likeness (QED) is 0.691. The molecule has 2 aromatic rings. The van der Waals surface area contributed by atoms with Crippen molar-refractivity contribution in [2.45, 2.75) is 33.0 Å². The van der Waals surface area contributed by atoms with Crippen molar-refractivity contribution in [3.05, 3.63) is 63.6 Å².